The van der Waals surface area contributed by atoms with Crippen LogP contribution < -0.4 is 0 Å². The highest BCUT2D eigenvalue weighted by atomic mass is 35.5. The highest BCUT2D eigenvalue weighted by molar-refractivity contribution is 6.23. The van der Waals surface area contributed by atoms with Crippen LogP contribution in [0, 0.1) is 19.7 Å². The highest BCUT2D eigenvalue weighted by Crippen LogP contribution is 2.37. The van der Waals surface area contributed by atoms with Crippen molar-refractivity contribution in [1.29, 1.82) is 0 Å². The van der Waals surface area contributed by atoms with E-state index in [0.717, 1.165) is 27.5 Å². The van der Waals surface area contributed by atoms with E-state index in [0.29, 0.717) is 5.56 Å². The van der Waals surface area contributed by atoms with Gasteiger partial charge in [-0.3, -0.25) is 0 Å². The lowest BCUT2D eigenvalue weighted by atomic mass is 9.93. The Kier molecular flexibility index (Phi) is 3.69. The molecule has 0 saturated carbocycles. The Morgan fingerprint density at radius 1 is 0.952 bits per heavy atom. The van der Waals surface area contributed by atoms with Crippen LogP contribution >= 0.6 is 11.6 Å². The van der Waals surface area contributed by atoms with E-state index in [2.05, 4.69) is 6.07 Å². The van der Waals surface area contributed by atoms with Crippen LogP contribution in [0.15, 0.2) is 54.6 Å². The Morgan fingerprint density at radius 3 is 2.48 bits per heavy atom. The molecule has 106 valence electrons. The Morgan fingerprint density at radius 2 is 1.71 bits per heavy atom. The molecule has 1 atom stereocenters. The molecule has 0 aliphatic carbocycles. The number of hydrogen-bond acceptors (Lipinski definition) is 0. The summed E-state index contributed by atoms with van der Waals surface area (Å²) in [7, 11) is 0. The Bertz CT molecular complexity index is 808. The fraction of sp³-hybridized carbons (Fsp3) is 0.158. The first kappa shape index (κ1) is 14.1. The number of benzene rings is 3. The fourth-order valence-corrected chi connectivity index (χ4v) is 3.20. The van der Waals surface area contributed by atoms with Crippen molar-refractivity contribution < 1.29 is 4.39 Å². The summed E-state index contributed by atoms with van der Waals surface area (Å²) in [5.74, 6) is -0.248. The quantitative estimate of drug-likeness (QED) is 0.515. The first-order valence-corrected chi connectivity index (χ1v) is 7.40. The van der Waals surface area contributed by atoms with Gasteiger partial charge in [-0.05, 0) is 47.4 Å². The molecule has 0 amide bonds. The summed E-state index contributed by atoms with van der Waals surface area (Å²) < 4.78 is 14.2. The topological polar surface area (TPSA) is 0 Å². The van der Waals surface area contributed by atoms with Gasteiger partial charge in [0.05, 0.1) is 5.38 Å². The summed E-state index contributed by atoms with van der Waals surface area (Å²) in [4.78, 5) is 0. The van der Waals surface area contributed by atoms with E-state index >= 15 is 0 Å². The minimum Gasteiger partial charge on any atom is -0.207 e. The van der Waals surface area contributed by atoms with Crippen LogP contribution in [-0.4, -0.2) is 0 Å². The molecule has 0 radical (unpaired) electrons. The van der Waals surface area contributed by atoms with E-state index in [1.54, 1.807) is 6.07 Å². The summed E-state index contributed by atoms with van der Waals surface area (Å²) in [6.45, 7) is 3.89. The van der Waals surface area contributed by atoms with E-state index in [-0.39, 0.29) is 5.82 Å². The summed E-state index contributed by atoms with van der Waals surface area (Å²) >= 11 is 6.63. The van der Waals surface area contributed by atoms with Crippen LogP contribution in [-0.2, 0) is 0 Å². The Hall–Kier alpha value is -1.86. The molecule has 0 spiro atoms. The first-order chi connectivity index (χ1) is 10.1. The number of fused-ring (bicyclic) bond motifs is 1. The van der Waals surface area contributed by atoms with Gasteiger partial charge in [0.1, 0.15) is 5.82 Å². The second kappa shape index (κ2) is 5.50. The molecule has 0 aliphatic rings. The smallest absolute Gasteiger partial charge is 0.128 e. The van der Waals surface area contributed by atoms with Gasteiger partial charge in [-0.2, -0.15) is 0 Å². The van der Waals surface area contributed by atoms with E-state index in [9.17, 15) is 4.39 Å². The zero-order valence-electron chi connectivity index (χ0n) is 12.0. The Labute approximate surface area is 129 Å². The second-order valence-electron chi connectivity index (χ2n) is 5.40. The molecule has 0 fully saturated rings. The SMILES string of the molecule is Cc1ccc(C(Cl)c2c(C)ccc3ccccc23)c(F)c1. The molecule has 2 heteroatoms. The van der Waals surface area contributed by atoms with E-state index in [1.165, 1.54) is 6.07 Å². The number of aryl methyl sites for hydroxylation is 2. The third kappa shape index (κ3) is 2.54. The molecule has 3 aromatic rings. The normalized spacial score (nSPS) is 12.6. The number of hydrogen-bond donors (Lipinski definition) is 0. The maximum atomic E-state index is 14.2. The standard InChI is InChI=1S/C19H16ClF/c1-12-7-10-16(17(21)11-12)19(20)18-13(2)8-9-14-5-3-4-6-15(14)18/h3-11,19H,1-2H3. The molecule has 1 unspecified atom stereocenters. The molecule has 0 bridgehead atoms. The van der Waals surface area contributed by atoms with Gasteiger partial charge in [0.25, 0.3) is 0 Å². The number of alkyl halides is 1. The van der Waals surface area contributed by atoms with Gasteiger partial charge in [-0.1, -0.05) is 48.5 Å². The number of halogens is 2. The molecule has 0 aromatic heterocycles. The van der Waals surface area contributed by atoms with Crippen molar-refractivity contribution in [2.24, 2.45) is 0 Å². The largest absolute Gasteiger partial charge is 0.207 e. The predicted molar refractivity (Wildman–Crippen MR) is 87.5 cm³/mol. The van der Waals surface area contributed by atoms with Crippen molar-refractivity contribution in [3.8, 4) is 0 Å². The van der Waals surface area contributed by atoms with Crippen molar-refractivity contribution in [2.45, 2.75) is 19.2 Å². The maximum Gasteiger partial charge on any atom is 0.128 e. The molecular formula is C19H16ClF. The van der Waals surface area contributed by atoms with Crippen LogP contribution in [0.2, 0.25) is 0 Å². The fourth-order valence-electron chi connectivity index (χ4n) is 2.73. The summed E-state index contributed by atoms with van der Waals surface area (Å²) in [6.07, 6.45) is 0. The molecule has 0 heterocycles. The van der Waals surface area contributed by atoms with Gasteiger partial charge in [0.15, 0.2) is 0 Å². The lowest BCUT2D eigenvalue weighted by Gasteiger charge is -2.17. The minimum absolute atomic E-state index is 0.248. The van der Waals surface area contributed by atoms with Crippen molar-refractivity contribution in [3.63, 3.8) is 0 Å². The lowest BCUT2D eigenvalue weighted by Crippen LogP contribution is -2.01. The van der Waals surface area contributed by atoms with Crippen molar-refractivity contribution in [1.82, 2.24) is 0 Å². The van der Waals surface area contributed by atoms with Gasteiger partial charge in [-0.15, -0.1) is 11.6 Å². The van der Waals surface area contributed by atoms with Crippen molar-refractivity contribution >= 4 is 22.4 Å². The van der Waals surface area contributed by atoms with Gasteiger partial charge >= 0.3 is 0 Å². The van der Waals surface area contributed by atoms with Crippen molar-refractivity contribution in [3.05, 3.63) is 82.7 Å². The molecule has 0 N–H and O–H groups in total. The zero-order valence-corrected chi connectivity index (χ0v) is 12.8. The maximum absolute atomic E-state index is 14.2. The van der Waals surface area contributed by atoms with Gasteiger partial charge < -0.3 is 0 Å². The Balaban J connectivity index is 2.21. The van der Waals surface area contributed by atoms with Gasteiger partial charge in [0, 0.05) is 5.56 Å². The van der Waals surface area contributed by atoms with Crippen LogP contribution in [0.25, 0.3) is 10.8 Å². The van der Waals surface area contributed by atoms with E-state index in [4.69, 9.17) is 11.6 Å². The average molecular weight is 299 g/mol. The molecule has 0 aliphatic heterocycles. The first-order valence-electron chi connectivity index (χ1n) is 6.96. The summed E-state index contributed by atoms with van der Waals surface area (Å²) in [5, 5.41) is 1.71. The number of rotatable bonds is 2. The zero-order chi connectivity index (χ0) is 15.0. The van der Waals surface area contributed by atoms with Crippen LogP contribution in [0.1, 0.15) is 27.6 Å². The molecule has 21 heavy (non-hydrogen) atoms. The van der Waals surface area contributed by atoms with Crippen molar-refractivity contribution in [2.75, 3.05) is 0 Å². The molecule has 3 aromatic carbocycles. The second-order valence-corrected chi connectivity index (χ2v) is 5.84. The summed E-state index contributed by atoms with van der Waals surface area (Å²) in [6, 6.07) is 17.4. The van der Waals surface area contributed by atoms with Crippen LogP contribution in [0.4, 0.5) is 4.39 Å². The highest BCUT2D eigenvalue weighted by Gasteiger charge is 2.19. The molecule has 0 saturated heterocycles. The van der Waals surface area contributed by atoms with E-state index < -0.39 is 5.38 Å². The molecule has 3 rings (SSSR count). The predicted octanol–water partition coefficient (Wildman–Crippen LogP) is 5.92. The van der Waals surface area contributed by atoms with Gasteiger partial charge in [0.2, 0.25) is 0 Å². The van der Waals surface area contributed by atoms with Gasteiger partial charge in [-0.25, -0.2) is 4.39 Å². The molecular weight excluding hydrogens is 283 g/mol. The third-order valence-electron chi connectivity index (χ3n) is 3.87. The lowest BCUT2D eigenvalue weighted by molar-refractivity contribution is 0.611. The monoisotopic (exact) mass is 298 g/mol. The minimum atomic E-state index is -0.489. The molecule has 0 nitrogen and oxygen atoms in total. The third-order valence-corrected chi connectivity index (χ3v) is 4.32. The summed E-state index contributed by atoms with van der Waals surface area (Å²) in [5.41, 5.74) is 3.49. The average Bonchev–Trinajstić information content (AvgIpc) is 2.46. The van der Waals surface area contributed by atoms with Crippen LogP contribution in [0.3, 0.4) is 0 Å². The van der Waals surface area contributed by atoms with Crippen LogP contribution in [0.5, 0.6) is 0 Å². The van der Waals surface area contributed by atoms with E-state index in [1.807, 2.05) is 50.2 Å².